The van der Waals surface area contributed by atoms with Crippen LogP contribution in [0.15, 0.2) is 36.4 Å². The molecule has 0 unspecified atom stereocenters. The lowest BCUT2D eigenvalue weighted by atomic mass is 10.1. The summed E-state index contributed by atoms with van der Waals surface area (Å²) in [4.78, 5) is 20.3. The van der Waals surface area contributed by atoms with E-state index in [4.69, 9.17) is 9.47 Å². The van der Waals surface area contributed by atoms with Gasteiger partial charge in [0.05, 0.1) is 0 Å². The summed E-state index contributed by atoms with van der Waals surface area (Å²) in [5.74, 6) is 0.957. The molecular formula is C12H8O4. The molecule has 0 aliphatic heterocycles. The zero-order chi connectivity index (χ0) is 11.4. The molecule has 0 aliphatic carbocycles. The molecule has 0 amide bonds. The Morgan fingerprint density at radius 3 is 1.56 bits per heavy atom. The average molecular weight is 216 g/mol. The molecule has 2 aromatic carbocycles. The number of hydrogen-bond acceptors (Lipinski definition) is 4. The van der Waals surface area contributed by atoms with E-state index in [-0.39, 0.29) is 0 Å². The van der Waals surface area contributed by atoms with Crippen molar-refractivity contribution in [3.8, 4) is 11.5 Å². The van der Waals surface area contributed by atoms with Gasteiger partial charge < -0.3 is 9.47 Å². The van der Waals surface area contributed by atoms with Crippen LogP contribution in [0.3, 0.4) is 0 Å². The molecule has 16 heavy (non-hydrogen) atoms. The van der Waals surface area contributed by atoms with Gasteiger partial charge in [0.2, 0.25) is 0 Å². The highest BCUT2D eigenvalue weighted by molar-refractivity contribution is 5.85. The van der Waals surface area contributed by atoms with Gasteiger partial charge in [-0.1, -0.05) is 12.1 Å². The van der Waals surface area contributed by atoms with Crippen molar-refractivity contribution in [2.75, 3.05) is 0 Å². The Labute approximate surface area is 91.4 Å². The Hall–Kier alpha value is -2.36. The third-order valence-electron chi connectivity index (χ3n) is 2.15. The Bertz CT molecular complexity index is 484. The van der Waals surface area contributed by atoms with E-state index in [0.29, 0.717) is 24.4 Å². The van der Waals surface area contributed by atoms with Crippen LogP contribution in [0.25, 0.3) is 10.8 Å². The van der Waals surface area contributed by atoms with Crippen LogP contribution in [0.5, 0.6) is 11.5 Å². The minimum Gasteiger partial charge on any atom is -0.429 e. The van der Waals surface area contributed by atoms with E-state index in [0.717, 1.165) is 10.8 Å². The molecule has 2 aromatic rings. The second-order valence-electron chi connectivity index (χ2n) is 3.10. The summed E-state index contributed by atoms with van der Waals surface area (Å²) in [6.07, 6.45) is 0. The molecule has 0 spiro atoms. The molecule has 0 atom stereocenters. The fourth-order valence-electron chi connectivity index (χ4n) is 1.46. The van der Waals surface area contributed by atoms with Crippen molar-refractivity contribution in [1.29, 1.82) is 0 Å². The smallest absolute Gasteiger partial charge is 0.298 e. The van der Waals surface area contributed by atoms with Gasteiger partial charge in [0.1, 0.15) is 11.5 Å². The third-order valence-corrected chi connectivity index (χ3v) is 2.15. The molecule has 0 aliphatic rings. The minimum atomic E-state index is 0.380. The lowest BCUT2D eigenvalue weighted by Gasteiger charge is -2.03. The highest BCUT2D eigenvalue weighted by Gasteiger charge is 1.99. The van der Waals surface area contributed by atoms with Gasteiger partial charge >= 0.3 is 0 Å². The predicted molar refractivity (Wildman–Crippen MR) is 57.3 cm³/mol. The highest BCUT2D eigenvalue weighted by Crippen LogP contribution is 2.24. The summed E-state index contributed by atoms with van der Waals surface area (Å²) in [6, 6.07) is 10.4. The number of fused-ring (bicyclic) bond motifs is 1. The van der Waals surface area contributed by atoms with Gasteiger partial charge in [-0.3, -0.25) is 9.59 Å². The van der Waals surface area contributed by atoms with E-state index in [9.17, 15) is 9.59 Å². The van der Waals surface area contributed by atoms with Crippen LogP contribution in [0.2, 0.25) is 0 Å². The third kappa shape index (κ3) is 2.00. The van der Waals surface area contributed by atoms with Crippen LogP contribution in [-0.4, -0.2) is 12.9 Å². The van der Waals surface area contributed by atoms with Gasteiger partial charge in [-0.2, -0.15) is 0 Å². The summed E-state index contributed by atoms with van der Waals surface area (Å²) in [5.41, 5.74) is 0. The topological polar surface area (TPSA) is 52.6 Å². The van der Waals surface area contributed by atoms with Crippen molar-refractivity contribution in [2.24, 2.45) is 0 Å². The Morgan fingerprint density at radius 1 is 0.750 bits per heavy atom. The van der Waals surface area contributed by atoms with Gasteiger partial charge in [0.25, 0.3) is 12.9 Å². The van der Waals surface area contributed by atoms with E-state index >= 15 is 0 Å². The Kier molecular flexibility index (Phi) is 2.82. The molecule has 0 heterocycles. The lowest BCUT2D eigenvalue weighted by Crippen LogP contribution is -1.89. The summed E-state index contributed by atoms with van der Waals surface area (Å²) >= 11 is 0. The van der Waals surface area contributed by atoms with Crippen molar-refractivity contribution in [3.05, 3.63) is 36.4 Å². The van der Waals surface area contributed by atoms with E-state index < -0.39 is 0 Å². The molecule has 0 N–H and O–H groups in total. The molecular weight excluding hydrogens is 208 g/mol. The number of benzene rings is 2. The van der Waals surface area contributed by atoms with Crippen molar-refractivity contribution >= 4 is 23.7 Å². The standard InChI is InChI=1S/C12H8O4/c13-7-15-11-3-1-9-5-12(16-8-14)4-2-10(9)6-11/h1-8H. The molecule has 0 bridgehead atoms. The molecule has 4 nitrogen and oxygen atoms in total. The van der Waals surface area contributed by atoms with Crippen molar-refractivity contribution in [2.45, 2.75) is 0 Å². The van der Waals surface area contributed by atoms with Crippen molar-refractivity contribution in [1.82, 2.24) is 0 Å². The second-order valence-corrected chi connectivity index (χ2v) is 3.10. The maximum Gasteiger partial charge on any atom is 0.298 e. The largest absolute Gasteiger partial charge is 0.429 e. The van der Waals surface area contributed by atoms with Gasteiger partial charge in [-0.15, -0.1) is 0 Å². The first-order valence-electron chi connectivity index (χ1n) is 4.58. The van der Waals surface area contributed by atoms with Gasteiger partial charge in [-0.05, 0) is 35.0 Å². The first kappa shape index (κ1) is 10.2. The van der Waals surface area contributed by atoms with Crippen LogP contribution in [0.1, 0.15) is 0 Å². The van der Waals surface area contributed by atoms with E-state index in [1.807, 2.05) is 0 Å². The van der Waals surface area contributed by atoms with E-state index in [2.05, 4.69) is 0 Å². The molecule has 0 fully saturated rings. The Morgan fingerprint density at radius 2 is 1.19 bits per heavy atom. The summed E-state index contributed by atoms with van der Waals surface area (Å²) in [6.45, 7) is 0.760. The van der Waals surface area contributed by atoms with Crippen LogP contribution in [0.4, 0.5) is 0 Å². The maximum atomic E-state index is 10.2. The fraction of sp³-hybridized carbons (Fsp3) is 0. The minimum absolute atomic E-state index is 0.380. The molecule has 0 saturated carbocycles. The number of rotatable bonds is 4. The highest BCUT2D eigenvalue weighted by atomic mass is 16.5. The van der Waals surface area contributed by atoms with Crippen LogP contribution in [-0.2, 0) is 9.59 Å². The number of ether oxygens (including phenoxy) is 2. The van der Waals surface area contributed by atoms with Gasteiger partial charge in [-0.25, -0.2) is 0 Å². The van der Waals surface area contributed by atoms with E-state index in [1.165, 1.54) is 0 Å². The molecule has 4 heteroatoms. The molecule has 80 valence electrons. The molecule has 0 radical (unpaired) electrons. The zero-order valence-corrected chi connectivity index (χ0v) is 8.25. The second kappa shape index (κ2) is 4.44. The summed E-state index contributed by atoms with van der Waals surface area (Å²) in [7, 11) is 0. The van der Waals surface area contributed by atoms with Gasteiger partial charge in [0.15, 0.2) is 0 Å². The molecule has 2 rings (SSSR count). The van der Waals surface area contributed by atoms with Crippen LogP contribution >= 0.6 is 0 Å². The lowest BCUT2D eigenvalue weighted by molar-refractivity contribution is -0.121. The van der Waals surface area contributed by atoms with E-state index in [1.54, 1.807) is 36.4 Å². The van der Waals surface area contributed by atoms with Crippen molar-refractivity contribution in [3.63, 3.8) is 0 Å². The first-order chi connectivity index (χ1) is 7.83. The normalized spacial score (nSPS) is 9.75. The number of hydrogen-bond donors (Lipinski definition) is 0. The quantitative estimate of drug-likeness (QED) is 0.732. The maximum absolute atomic E-state index is 10.2. The monoisotopic (exact) mass is 216 g/mol. The average Bonchev–Trinajstić information content (AvgIpc) is 2.30. The number of carbonyl (C=O) groups is 2. The van der Waals surface area contributed by atoms with Gasteiger partial charge in [0, 0.05) is 0 Å². The SMILES string of the molecule is O=COc1ccc2cc(OC=O)ccc2c1. The zero-order valence-electron chi connectivity index (χ0n) is 8.25. The molecule has 0 saturated heterocycles. The summed E-state index contributed by atoms with van der Waals surface area (Å²) < 4.78 is 9.45. The predicted octanol–water partition coefficient (Wildman–Crippen LogP) is 1.91. The first-order valence-corrected chi connectivity index (χ1v) is 4.58. The fourth-order valence-corrected chi connectivity index (χ4v) is 1.46. The molecule has 0 aromatic heterocycles. The Balaban J connectivity index is 2.43. The van der Waals surface area contributed by atoms with Crippen molar-refractivity contribution < 1.29 is 19.1 Å². The number of carbonyl (C=O) groups excluding carboxylic acids is 2. The summed E-state index contributed by atoms with van der Waals surface area (Å²) in [5, 5.41) is 1.80. The van der Waals surface area contributed by atoms with Crippen LogP contribution < -0.4 is 9.47 Å². The van der Waals surface area contributed by atoms with Crippen LogP contribution in [0, 0.1) is 0 Å².